The normalized spacial score (nSPS) is 11.7. The summed E-state index contributed by atoms with van der Waals surface area (Å²) in [6.45, 7) is -1.37. The highest BCUT2D eigenvalue weighted by Crippen LogP contribution is 2.20. The molecule has 0 fully saturated rings. The summed E-state index contributed by atoms with van der Waals surface area (Å²) >= 11 is 0. The molecule has 3 nitrogen and oxygen atoms in total. The molecular weight excluding hydrogens is 235 g/mol. The second-order valence-corrected chi connectivity index (χ2v) is 3.45. The Morgan fingerprint density at radius 3 is 2.71 bits per heavy atom. The summed E-state index contributed by atoms with van der Waals surface area (Å²) in [5, 5.41) is 0.298. The summed E-state index contributed by atoms with van der Waals surface area (Å²) in [6.07, 6.45) is -2.92. The van der Waals surface area contributed by atoms with Gasteiger partial charge in [0.15, 0.2) is 12.0 Å². The van der Waals surface area contributed by atoms with Gasteiger partial charge in [0.1, 0.15) is 5.75 Å². The molecule has 1 aromatic heterocycles. The van der Waals surface area contributed by atoms with E-state index >= 15 is 0 Å². The van der Waals surface area contributed by atoms with Crippen LogP contribution >= 0.6 is 0 Å². The summed E-state index contributed by atoms with van der Waals surface area (Å²) in [4.78, 5) is 14.2. The zero-order valence-corrected chi connectivity index (χ0v) is 8.54. The van der Waals surface area contributed by atoms with Crippen LogP contribution in [-0.2, 0) is 0 Å². The van der Waals surface area contributed by atoms with Gasteiger partial charge in [-0.05, 0) is 18.2 Å². The van der Waals surface area contributed by atoms with Gasteiger partial charge in [0, 0.05) is 23.2 Å². The quantitative estimate of drug-likeness (QED) is 0.880. The Labute approximate surface area is 93.8 Å². The van der Waals surface area contributed by atoms with Crippen molar-refractivity contribution >= 4 is 10.9 Å². The molecular formula is C11H8F3NO2. The molecule has 1 N–H and O–H groups in total. The first-order chi connectivity index (χ1) is 7.96. The first kappa shape index (κ1) is 11.5. The molecule has 1 heterocycles. The standard InChI is InChI=1S/C11H8F3NO2/c12-11(13,14)6-17-7-1-2-9-8(5-7)10(16)3-4-15-9/h1-5H,6H2,(H,15,16). The molecule has 0 aliphatic rings. The number of halogens is 3. The fraction of sp³-hybridized carbons (Fsp3) is 0.182. The number of aromatic nitrogens is 1. The molecule has 2 aromatic rings. The number of hydrogen-bond donors (Lipinski definition) is 1. The lowest BCUT2D eigenvalue weighted by Crippen LogP contribution is -2.19. The lowest BCUT2D eigenvalue weighted by molar-refractivity contribution is -0.153. The van der Waals surface area contributed by atoms with Crippen molar-refractivity contribution in [1.29, 1.82) is 0 Å². The average Bonchev–Trinajstić information content (AvgIpc) is 2.26. The number of aromatic amines is 1. The second kappa shape index (κ2) is 4.12. The third-order valence-electron chi connectivity index (χ3n) is 2.13. The van der Waals surface area contributed by atoms with Crippen LogP contribution in [0, 0.1) is 0 Å². The number of rotatable bonds is 2. The molecule has 0 amide bonds. The van der Waals surface area contributed by atoms with E-state index in [2.05, 4.69) is 9.72 Å². The van der Waals surface area contributed by atoms with E-state index in [1.54, 1.807) is 0 Å². The summed E-state index contributed by atoms with van der Waals surface area (Å²) in [5.74, 6) is 0.0199. The van der Waals surface area contributed by atoms with Gasteiger partial charge in [-0.3, -0.25) is 4.79 Å². The van der Waals surface area contributed by atoms with Crippen molar-refractivity contribution in [1.82, 2.24) is 4.98 Å². The van der Waals surface area contributed by atoms with E-state index in [1.165, 1.54) is 30.5 Å². The van der Waals surface area contributed by atoms with Crippen molar-refractivity contribution in [2.75, 3.05) is 6.61 Å². The molecule has 0 aliphatic heterocycles. The predicted octanol–water partition coefficient (Wildman–Crippen LogP) is 2.47. The Hall–Kier alpha value is -1.98. The number of pyridine rings is 1. The van der Waals surface area contributed by atoms with Gasteiger partial charge < -0.3 is 9.72 Å². The van der Waals surface area contributed by atoms with Gasteiger partial charge in [0.05, 0.1) is 0 Å². The topological polar surface area (TPSA) is 42.1 Å². The molecule has 0 bridgehead atoms. The number of hydrogen-bond acceptors (Lipinski definition) is 2. The first-order valence-electron chi connectivity index (χ1n) is 4.77. The molecule has 1 aromatic carbocycles. The fourth-order valence-corrected chi connectivity index (χ4v) is 1.40. The van der Waals surface area contributed by atoms with Crippen LogP contribution in [0.1, 0.15) is 0 Å². The van der Waals surface area contributed by atoms with Gasteiger partial charge in [-0.25, -0.2) is 0 Å². The third kappa shape index (κ3) is 2.77. The molecule has 0 saturated heterocycles. The van der Waals surface area contributed by atoms with E-state index in [4.69, 9.17) is 0 Å². The number of fused-ring (bicyclic) bond motifs is 1. The highest BCUT2D eigenvalue weighted by molar-refractivity contribution is 5.79. The van der Waals surface area contributed by atoms with Gasteiger partial charge in [0.25, 0.3) is 0 Å². The molecule has 0 unspecified atom stereocenters. The predicted molar refractivity (Wildman–Crippen MR) is 56.1 cm³/mol. The van der Waals surface area contributed by atoms with Crippen molar-refractivity contribution in [2.45, 2.75) is 6.18 Å². The van der Waals surface area contributed by atoms with Gasteiger partial charge >= 0.3 is 6.18 Å². The Balaban J connectivity index is 2.32. The van der Waals surface area contributed by atoms with Crippen LogP contribution < -0.4 is 10.2 Å². The number of nitrogens with one attached hydrogen (secondary N) is 1. The van der Waals surface area contributed by atoms with Crippen LogP contribution in [0.25, 0.3) is 10.9 Å². The highest BCUT2D eigenvalue weighted by Gasteiger charge is 2.28. The van der Waals surface area contributed by atoms with Gasteiger partial charge in [-0.15, -0.1) is 0 Å². The van der Waals surface area contributed by atoms with E-state index in [9.17, 15) is 18.0 Å². The minimum absolute atomic E-state index is 0.0199. The maximum absolute atomic E-state index is 11.9. The van der Waals surface area contributed by atoms with Gasteiger partial charge in [-0.2, -0.15) is 13.2 Å². The molecule has 90 valence electrons. The summed E-state index contributed by atoms with van der Waals surface area (Å²) in [6, 6.07) is 5.47. The van der Waals surface area contributed by atoms with Crippen LogP contribution in [0.2, 0.25) is 0 Å². The molecule has 0 saturated carbocycles. The Kier molecular flexibility index (Phi) is 2.79. The monoisotopic (exact) mass is 243 g/mol. The molecule has 0 aliphatic carbocycles. The minimum Gasteiger partial charge on any atom is -0.484 e. The molecule has 6 heteroatoms. The van der Waals surface area contributed by atoms with Crippen LogP contribution in [0.3, 0.4) is 0 Å². The number of H-pyrrole nitrogens is 1. The van der Waals surface area contributed by atoms with Crippen LogP contribution in [0.5, 0.6) is 5.75 Å². The smallest absolute Gasteiger partial charge is 0.422 e. The number of ether oxygens (including phenoxy) is 1. The molecule has 0 spiro atoms. The zero-order chi connectivity index (χ0) is 12.5. The van der Waals surface area contributed by atoms with Crippen molar-refractivity contribution in [3.63, 3.8) is 0 Å². The van der Waals surface area contributed by atoms with E-state index in [0.29, 0.717) is 10.9 Å². The summed E-state index contributed by atoms with van der Waals surface area (Å²) in [5.41, 5.74) is 0.285. The van der Waals surface area contributed by atoms with Gasteiger partial charge in [0.2, 0.25) is 0 Å². The zero-order valence-electron chi connectivity index (χ0n) is 8.54. The van der Waals surface area contributed by atoms with E-state index in [0.717, 1.165) is 0 Å². The number of alkyl halides is 3. The number of benzene rings is 1. The summed E-state index contributed by atoms with van der Waals surface area (Å²) < 4.78 is 40.4. The third-order valence-corrected chi connectivity index (χ3v) is 2.13. The van der Waals surface area contributed by atoms with E-state index in [-0.39, 0.29) is 11.2 Å². The maximum atomic E-state index is 11.9. The average molecular weight is 243 g/mol. The summed E-state index contributed by atoms with van der Waals surface area (Å²) in [7, 11) is 0. The van der Waals surface area contributed by atoms with E-state index in [1.807, 2.05) is 0 Å². The maximum Gasteiger partial charge on any atom is 0.422 e. The van der Waals surface area contributed by atoms with Crippen LogP contribution in [0.15, 0.2) is 35.3 Å². The van der Waals surface area contributed by atoms with Gasteiger partial charge in [-0.1, -0.05) is 0 Å². The first-order valence-corrected chi connectivity index (χ1v) is 4.77. The Morgan fingerprint density at radius 2 is 2.00 bits per heavy atom. The SMILES string of the molecule is O=c1cc[nH]c2ccc(OCC(F)(F)F)cc12. The Bertz CT molecular complexity index is 589. The highest BCUT2D eigenvalue weighted by atomic mass is 19.4. The van der Waals surface area contributed by atoms with Crippen molar-refractivity contribution in [3.05, 3.63) is 40.7 Å². The van der Waals surface area contributed by atoms with E-state index < -0.39 is 12.8 Å². The molecule has 0 atom stereocenters. The van der Waals surface area contributed by atoms with Crippen LogP contribution in [-0.4, -0.2) is 17.8 Å². The molecule has 0 radical (unpaired) electrons. The van der Waals surface area contributed by atoms with Crippen molar-refractivity contribution in [2.24, 2.45) is 0 Å². The molecule has 2 rings (SSSR count). The fourth-order valence-electron chi connectivity index (χ4n) is 1.40. The Morgan fingerprint density at radius 1 is 1.24 bits per heavy atom. The largest absolute Gasteiger partial charge is 0.484 e. The minimum atomic E-state index is -4.39. The lowest BCUT2D eigenvalue weighted by atomic mass is 10.2. The van der Waals surface area contributed by atoms with Crippen molar-refractivity contribution < 1.29 is 17.9 Å². The van der Waals surface area contributed by atoms with Crippen LogP contribution in [0.4, 0.5) is 13.2 Å². The van der Waals surface area contributed by atoms with Crippen molar-refractivity contribution in [3.8, 4) is 5.75 Å². The second-order valence-electron chi connectivity index (χ2n) is 3.45. The molecule has 17 heavy (non-hydrogen) atoms. The lowest BCUT2D eigenvalue weighted by Gasteiger charge is -2.09.